The molecular formula is C26H35ClN4O4S. The van der Waals surface area contributed by atoms with Crippen LogP contribution in [0.25, 0.3) is 0 Å². The molecule has 2 amide bonds. The van der Waals surface area contributed by atoms with E-state index in [-0.39, 0.29) is 18.5 Å². The van der Waals surface area contributed by atoms with E-state index in [0.717, 1.165) is 34.3 Å². The molecule has 1 fully saturated rings. The fourth-order valence-corrected chi connectivity index (χ4v) is 5.66. The molecule has 0 heterocycles. The van der Waals surface area contributed by atoms with Gasteiger partial charge in [0.05, 0.1) is 5.69 Å². The van der Waals surface area contributed by atoms with E-state index in [0.29, 0.717) is 22.7 Å². The summed E-state index contributed by atoms with van der Waals surface area (Å²) >= 11 is 6.40. The van der Waals surface area contributed by atoms with Crippen molar-refractivity contribution in [2.45, 2.75) is 57.7 Å². The van der Waals surface area contributed by atoms with Gasteiger partial charge in [0.1, 0.15) is 12.6 Å². The molecule has 8 nitrogen and oxygen atoms in total. The minimum absolute atomic E-state index is 0.0831. The Bertz CT molecular complexity index is 1140. The predicted octanol–water partition coefficient (Wildman–Crippen LogP) is 3.82. The number of anilines is 1. The standard InChI is InChI=1S/C26H35ClN4O4S/c1-4-24(26(33)28-21-13-9-10-14-21)30(18-20-12-8-11-17-23(20)27)25(32)19-31(36(34,35)29(2)3)22-15-6-5-7-16-22/h5-8,11-12,15-17,21,24H,4,9-10,13-14,18-19H2,1-3H3,(H,28,33). The highest BCUT2D eigenvalue weighted by molar-refractivity contribution is 7.90. The largest absolute Gasteiger partial charge is 0.352 e. The van der Waals surface area contributed by atoms with Crippen molar-refractivity contribution >= 4 is 39.3 Å². The van der Waals surface area contributed by atoms with Crippen molar-refractivity contribution in [3.8, 4) is 0 Å². The SMILES string of the molecule is CCC(C(=O)NC1CCCC1)N(Cc1ccccc1Cl)C(=O)CN(c1ccccc1)S(=O)(=O)N(C)C. The summed E-state index contributed by atoms with van der Waals surface area (Å²) in [5.74, 6) is -0.718. The van der Waals surface area contributed by atoms with E-state index in [9.17, 15) is 18.0 Å². The molecule has 1 aliphatic rings. The van der Waals surface area contributed by atoms with Crippen molar-refractivity contribution in [1.29, 1.82) is 0 Å². The summed E-state index contributed by atoms with van der Waals surface area (Å²) in [6, 6.07) is 14.9. The van der Waals surface area contributed by atoms with Gasteiger partial charge in [-0.1, -0.05) is 67.8 Å². The number of nitrogens with zero attached hydrogens (tertiary/aromatic N) is 3. The fourth-order valence-electron chi connectivity index (χ4n) is 4.41. The molecule has 3 rings (SSSR count). The molecule has 0 spiro atoms. The summed E-state index contributed by atoms with van der Waals surface area (Å²) in [6.07, 6.45) is 4.35. The van der Waals surface area contributed by atoms with Gasteiger partial charge in [-0.15, -0.1) is 0 Å². The van der Waals surface area contributed by atoms with Crippen LogP contribution >= 0.6 is 11.6 Å². The van der Waals surface area contributed by atoms with Gasteiger partial charge in [0.2, 0.25) is 11.8 Å². The molecule has 2 aromatic carbocycles. The minimum Gasteiger partial charge on any atom is -0.352 e. The quantitative estimate of drug-likeness (QED) is 0.474. The first-order chi connectivity index (χ1) is 17.1. The lowest BCUT2D eigenvalue weighted by Crippen LogP contribution is -2.54. The highest BCUT2D eigenvalue weighted by Gasteiger charge is 2.34. The third kappa shape index (κ3) is 6.78. The van der Waals surface area contributed by atoms with E-state index in [1.54, 1.807) is 48.5 Å². The Balaban J connectivity index is 1.96. The van der Waals surface area contributed by atoms with E-state index in [4.69, 9.17) is 11.6 Å². The Kier molecular flexibility index (Phi) is 9.76. The number of nitrogens with one attached hydrogen (secondary N) is 1. The molecule has 0 radical (unpaired) electrons. The van der Waals surface area contributed by atoms with Crippen molar-refractivity contribution in [2.24, 2.45) is 0 Å². The number of hydrogen-bond acceptors (Lipinski definition) is 4. The molecule has 1 aliphatic carbocycles. The van der Waals surface area contributed by atoms with Crippen LogP contribution in [0, 0.1) is 0 Å². The maximum atomic E-state index is 13.8. The van der Waals surface area contributed by atoms with Crippen LogP contribution in [0.3, 0.4) is 0 Å². The summed E-state index contributed by atoms with van der Waals surface area (Å²) < 4.78 is 28.5. The van der Waals surface area contributed by atoms with Gasteiger partial charge in [0.25, 0.3) is 0 Å². The first kappa shape index (κ1) is 28.0. The second-order valence-electron chi connectivity index (χ2n) is 9.16. The molecule has 36 heavy (non-hydrogen) atoms. The van der Waals surface area contributed by atoms with Crippen LogP contribution in [0.2, 0.25) is 5.02 Å². The normalized spacial score (nSPS) is 15.0. The number of carbonyl (C=O) groups excluding carboxylic acids is 2. The Labute approximate surface area is 219 Å². The molecule has 196 valence electrons. The van der Waals surface area contributed by atoms with Crippen LogP contribution in [-0.4, -0.2) is 62.2 Å². The molecule has 1 N–H and O–H groups in total. The highest BCUT2D eigenvalue weighted by Crippen LogP contribution is 2.24. The zero-order chi connectivity index (χ0) is 26.3. The Morgan fingerprint density at radius 1 is 1.03 bits per heavy atom. The van der Waals surface area contributed by atoms with Crippen LogP contribution in [0.15, 0.2) is 54.6 Å². The number of rotatable bonds is 11. The maximum absolute atomic E-state index is 13.8. The van der Waals surface area contributed by atoms with E-state index in [1.165, 1.54) is 19.0 Å². The molecule has 10 heteroatoms. The zero-order valence-electron chi connectivity index (χ0n) is 21.1. The third-order valence-corrected chi connectivity index (χ3v) is 8.64. The van der Waals surface area contributed by atoms with Crippen LogP contribution in [0.1, 0.15) is 44.6 Å². The van der Waals surface area contributed by atoms with Gasteiger partial charge < -0.3 is 10.2 Å². The van der Waals surface area contributed by atoms with Crippen molar-refractivity contribution in [2.75, 3.05) is 24.9 Å². The summed E-state index contributed by atoms with van der Waals surface area (Å²) in [6.45, 7) is 1.47. The van der Waals surface area contributed by atoms with Crippen molar-refractivity contribution < 1.29 is 18.0 Å². The molecule has 1 atom stereocenters. The van der Waals surface area contributed by atoms with E-state index < -0.39 is 28.7 Å². The average molecular weight is 535 g/mol. The maximum Gasteiger partial charge on any atom is 0.304 e. The van der Waals surface area contributed by atoms with Gasteiger partial charge in [-0.05, 0) is 43.0 Å². The van der Waals surface area contributed by atoms with E-state index in [1.807, 2.05) is 13.0 Å². The number of benzene rings is 2. The molecule has 0 saturated heterocycles. The summed E-state index contributed by atoms with van der Waals surface area (Å²) in [4.78, 5) is 28.6. The number of hydrogen-bond donors (Lipinski definition) is 1. The number of para-hydroxylation sites is 1. The predicted molar refractivity (Wildman–Crippen MR) is 143 cm³/mol. The van der Waals surface area contributed by atoms with Gasteiger partial charge in [-0.2, -0.15) is 12.7 Å². The fraction of sp³-hybridized carbons (Fsp3) is 0.462. The first-order valence-electron chi connectivity index (χ1n) is 12.2. The second kappa shape index (κ2) is 12.6. The number of amides is 2. The number of carbonyl (C=O) groups is 2. The lowest BCUT2D eigenvalue weighted by molar-refractivity contribution is -0.140. The first-order valence-corrected chi connectivity index (χ1v) is 14.0. The molecule has 1 saturated carbocycles. The van der Waals surface area contributed by atoms with Gasteiger partial charge in [-0.3, -0.25) is 9.59 Å². The molecule has 1 unspecified atom stereocenters. The molecule has 2 aromatic rings. The molecular weight excluding hydrogens is 500 g/mol. The summed E-state index contributed by atoms with van der Waals surface area (Å²) in [5.41, 5.74) is 1.04. The van der Waals surface area contributed by atoms with Crippen molar-refractivity contribution in [3.05, 3.63) is 65.2 Å². The summed E-state index contributed by atoms with van der Waals surface area (Å²) in [7, 11) is -1.14. The summed E-state index contributed by atoms with van der Waals surface area (Å²) in [5, 5.41) is 3.57. The molecule has 0 aliphatic heterocycles. The van der Waals surface area contributed by atoms with E-state index >= 15 is 0 Å². The van der Waals surface area contributed by atoms with Crippen LogP contribution in [0.4, 0.5) is 5.69 Å². The topological polar surface area (TPSA) is 90.0 Å². The lowest BCUT2D eigenvalue weighted by Gasteiger charge is -2.34. The third-order valence-electron chi connectivity index (χ3n) is 6.45. The van der Waals surface area contributed by atoms with Crippen molar-refractivity contribution in [1.82, 2.24) is 14.5 Å². The van der Waals surface area contributed by atoms with Gasteiger partial charge in [0, 0.05) is 31.7 Å². The average Bonchev–Trinajstić information content (AvgIpc) is 3.36. The zero-order valence-corrected chi connectivity index (χ0v) is 22.6. The van der Waals surface area contributed by atoms with Crippen LogP contribution < -0.4 is 9.62 Å². The number of halogens is 1. The van der Waals surface area contributed by atoms with Crippen molar-refractivity contribution in [3.63, 3.8) is 0 Å². The van der Waals surface area contributed by atoms with Gasteiger partial charge in [0.15, 0.2) is 0 Å². The lowest BCUT2D eigenvalue weighted by atomic mass is 10.1. The monoisotopic (exact) mass is 534 g/mol. The Morgan fingerprint density at radius 2 is 1.64 bits per heavy atom. The Morgan fingerprint density at radius 3 is 2.22 bits per heavy atom. The molecule has 0 aromatic heterocycles. The van der Waals surface area contributed by atoms with Crippen LogP contribution in [0.5, 0.6) is 0 Å². The highest BCUT2D eigenvalue weighted by atomic mass is 35.5. The van der Waals surface area contributed by atoms with Gasteiger partial charge in [-0.25, -0.2) is 4.31 Å². The molecule has 0 bridgehead atoms. The smallest absolute Gasteiger partial charge is 0.304 e. The second-order valence-corrected chi connectivity index (χ2v) is 11.6. The van der Waals surface area contributed by atoms with Gasteiger partial charge >= 0.3 is 10.2 Å². The van der Waals surface area contributed by atoms with E-state index in [2.05, 4.69) is 5.32 Å². The van der Waals surface area contributed by atoms with Crippen LogP contribution in [-0.2, 0) is 26.3 Å². The minimum atomic E-state index is -3.98. The Hall–Kier alpha value is -2.62.